The van der Waals surface area contributed by atoms with Crippen LogP contribution in [0.25, 0.3) is 10.9 Å². The highest BCUT2D eigenvalue weighted by atomic mass is 19.1. The average Bonchev–Trinajstić information content (AvgIpc) is 3.14. The van der Waals surface area contributed by atoms with Gasteiger partial charge in [0.25, 0.3) is 0 Å². The zero-order valence-corrected chi connectivity index (χ0v) is 16.6. The first-order valence-corrected chi connectivity index (χ1v) is 9.48. The number of fused-ring (bicyclic) bond motifs is 1. The van der Waals surface area contributed by atoms with Gasteiger partial charge in [0.1, 0.15) is 5.82 Å². The Bertz CT molecular complexity index is 996. The number of nitrogens with zero attached hydrogens (tertiary/aromatic N) is 1. The summed E-state index contributed by atoms with van der Waals surface area (Å²) in [6.45, 7) is 1.38. The van der Waals surface area contributed by atoms with Crippen LogP contribution >= 0.6 is 0 Å². The number of aromatic nitrogens is 1. The quantitative estimate of drug-likeness (QED) is 0.326. The Morgan fingerprint density at radius 3 is 2.52 bits per heavy atom. The van der Waals surface area contributed by atoms with E-state index in [2.05, 4.69) is 20.6 Å². The smallest absolute Gasteiger partial charge is 0.337 e. The van der Waals surface area contributed by atoms with Gasteiger partial charge < -0.3 is 20.4 Å². The summed E-state index contributed by atoms with van der Waals surface area (Å²) in [6, 6.07) is 12.1. The summed E-state index contributed by atoms with van der Waals surface area (Å²) in [6.07, 6.45) is 3.46. The number of guanidine groups is 1. The van der Waals surface area contributed by atoms with Crippen LogP contribution in [-0.2, 0) is 17.6 Å². The van der Waals surface area contributed by atoms with Crippen LogP contribution in [0.1, 0.15) is 21.5 Å². The van der Waals surface area contributed by atoms with E-state index in [1.165, 1.54) is 13.2 Å². The van der Waals surface area contributed by atoms with Gasteiger partial charge >= 0.3 is 5.97 Å². The normalized spacial score (nSPS) is 11.5. The average molecular weight is 396 g/mol. The highest BCUT2D eigenvalue weighted by Crippen LogP contribution is 2.19. The minimum Gasteiger partial charge on any atom is -0.465 e. The van der Waals surface area contributed by atoms with Crippen LogP contribution < -0.4 is 10.6 Å². The second kappa shape index (κ2) is 9.73. The van der Waals surface area contributed by atoms with Crippen LogP contribution in [0.15, 0.2) is 53.7 Å². The number of benzene rings is 2. The molecule has 3 rings (SSSR count). The molecule has 152 valence electrons. The van der Waals surface area contributed by atoms with Crippen molar-refractivity contribution in [3.63, 3.8) is 0 Å². The molecule has 0 bridgehead atoms. The fraction of sp³-hybridized carbons (Fsp3) is 0.273. The van der Waals surface area contributed by atoms with Crippen molar-refractivity contribution < 1.29 is 13.9 Å². The van der Waals surface area contributed by atoms with E-state index in [1.54, 1.807) is 31.3 Å². The van der Waals surface area contributed by atoms with Crippen molar-refractivity contribution in [2.24, 2.45) is 4.99 Å². The van der Waals surface area contributed by atoms with Gasteiger partial charge in [0, 0.05) is 37.2 Å². The standard InChI is InChI=1S/C22H25FN4O2/c1-24-22(25-11-9-15-3-5-16(6-4-15)21(28)29-2)26-12-10-17-14-27-20-8-7-18(23)13-19(17)20/h3-8,13-14,27H,9-12H2,1-2H3,(H2,24,25,26). The van der Waals surface area contributed by atoms with E-state index in [0.29, 0.717) is 24.6 Å². The molecule has 29 heavy (non-hydrogen) atoms. The van der Waals surface area contributed by atoms with Gasteiger partial charge in [0.2, 0.25) is 0 Å². The largest absolute Gasteiger partial charge is 0.465 e. The highest BCUT2D eigenvalue weighted by molar-refractivity contribution is 5.89. The highest BCUT2D eigenvalue weighted by Gasteiger charge is 2.06. The van der Waals surface area contributed by atoms with Gasteiger partial charge in [0.15, 0.2) is 5.96 Å². The van der Waals surface area contributed by atoms with Crippen molar-refractivity contribution in [1.29, 1.82) is 0 Å². The van der Waals surface area contributed by atoms with Gasteiger partial charge in [-0.15, -0.1) is 0 Å². The lowest BCUT2D eigenvalue weighted by Gasteiger charge is -2.12. The Kier molecular flexibility index (Phi) is 6.84. The molecule has 0 aliphatic heterocycles. The molecular weight excluding hydrogens is 371 g/mol. The summed E-state index contributed by atoms with van der Waals surface area (Å²) in [4.78, 5) is 18.9. The van der Waals surface area contributed by atoms with Gasteiger partial charge in [-0.3, -0.25) is 4.99 Å². The van der Waals surface area contributed by atoms with Crippen LogP contribution in [0.5, 0.6) is 0 Å². The molecule has 0 spiro atoms. The predicted octanol–water partition coefficient (Wildman–Crippen LogP) is 3.04. The summed E-state index contributed by atoms with van der Waals surface area (Å²) in [5.74, 6) is 0.142. The number of ether oxygens (including phenoxy) is 1. The van der Waals surface area contributed by atoms with Gasteiger partial charge in [-0.05, 0) is 54.3 Å². The molecule has 7 heteroatoms. The number of aliphatic imine (C=N–C) groups is 1. The van der Waals surface area contributed by atoms with Crippen molar-refractivity contribution >= 4 is 22.8 Å². The van der Waals surface area contributed by atoms with E-state index in [0.717, 1.165) is 34.9 Å². The Hall–Kier alpha value is -3.35. The third-order valence-electron chi connectivity index (χ3n) is 4.72. The van der Waals surface area contributed by atoms with E-state index in [1.807, 2.05) is 18.3 Å². The lowest BCUT2D eigenvalue weighted by Crippen LogP contribution is -2.39. The summed E-state index contributed by atoms with van der Waals surface area (Å²) >= 11 is 0. The molecule has 0 aliphatic rings. The zero-order valence-electron chi connectivity index (χ0n) is 16.6. The second-order valence-corrected chi connectivity index (χ2v) is 6.62. The number of hydrogen-bond donors (Lipinski definition) is 3. The minimum atomic E-state index is -0.336. The monoisotopic (exact) mass is 396 g/mol. The molecule has 0 fully saturated rings. The van der Waals surface area contributed by atoms with Gasteiger partial charge in [-0.2, -0.15) is 0 Å². The summed E-state index contributed by atoms with van der Waals surface area (Å²) in [7, 11) is 3.09. The van der Waals surface area contributed by atoms with E-state index in [4.69, 9.17) is 4.74 Å². The number of halogens is 1. The topological polar surface area (TPSA) is 78.5 Å². The summed E-state index contributed by atoms with van der Waals surface area (Å²) in [5.41, 5.74) is 3.65. The summed E-state index contributed by atoms with van der Waals surface area (Å²) < 4.78 is 18.2. The maximum absolute atomic E-state index is 13.5. The second-order valence-electron chi connectivity index (χ2n) is 6.62. The molecule has 1 heterocycles. The number of aromatic amines is 1. The van der Waals surface area contributed by atoms with Crippen LogP contribution in [0, 0.1) is 5.82 Å². The van der Waals surface area contributed by atoms with E-state index in [-0.39, 0.29) is 11.8 Å². The Labute approximate surface area is 169 Å². The zero-order chi connectivity index (χ0) is 20.6. The van der Waals surface area contributed by atoms with Crippen LogP contribution in [-0.4, -0.2) is 44.2 Å². The maximum Gasteiger partial charge on any atom is 0.337 e. The molecule has 0 atom stereocenters. The molecule has 2 aromatic carbocycles. The SMILES string of the molecule is CN=C(NCCc1ccc(C(=O)OC)cc1)NCCc1c[nH]c2ccc(F)cc12. The molecule has 0 unspecified atom stereocenters. The number of methoxy groups -OCH3 is 1. The van der Waals surface area contributed by atoms with E-state index < -0.39 is 0 Å². The molecule has 0 saturated carbocycles. The Morgan fingerprint density at radius 2 is 1.83 bits per heavy atom. The van der Waals surface area contributed by atoms with Crippen LogP contribution in [0.3, 0.4) is 0 Å². The molecule has 0 radical (unpaired) electrons. The molecule has 0 aliphatic carbocycles. The fourth-order valence-electron chi connectivity index (χ4n) is 3.14. The van der Waals surface area contributed by atoms with Crippen molar-refractivity contribution in [1.82, 2.24) is 15.6 Å². The predicted molar refractivity (Wildman–Crippen MR) is 113 cm³/mol. The van der Waals surface area contributed by atoms with Crippen molar-refractivity contribution in [2.75, 3.05) is 27.2 Å². The van der Waals surface area contributed by atoms with Crippen LogP contribution in [0.2, 0.25) is 0 Å². The third-order valence-corrected chi connectivity index (χ3v) is 4.72. The summed E-state index contributed by atoms with van der Waals surface area (Å²) in [5, 5.41) is 7.45. The number of rotatable bonds is 7. The van der Waals surface area contributed by atoms with Gasteiger partial charge in [-0.1, -0.05) is 12.1 Å². The Morgan fingerprint density at radius 1 is 1.10 bits per heavy atom. The third kappa shape index (κ3) is 5.34. The molecule has 6 nitrogen and oxygen atoms in total. The van der Waals surface area contributed by atoms with Crippen LogP contribution in [0.4, 0.5) is 4.39 Å². The molecular formula is C22H25FN4O2. The molecule has 0 amide bonds. The number of esters is 1. The Balaban J connectivity index is 1.44. The minimum absolute atomic E-state index is 0.233. The number of hydrogen-bond acceptors (Lipinski definition) is 3. The van der Waals surface area contributed by atoms with Crippen molar-refractivity contribution in [3.05, 3.63) is 71.2 Å². The number of nitrogens with one attached hydrogen (secondary N) is 3. The van der Waals surface area contributed by atoms with E-state index >= 15 is 0 Å². The maximum atomic E-state index is 13.5. The fourth-order valence-corrected chi connectivity index (χ4v) is 3.14. The molecule has 0 saturated heterocycles. The van der Waals surface area contributed by atoms with E-state index in [9.17, 15) is 9.18 Å². The van der Waals surface area contributed by atoms with Gasteiger partial charge in [-0.25, -0.2) is 9.18 Å². The van der Waals surface area contributed by atoms with Gasteiger partial charge in [0.05, 0.1) is 12.7 Å². The lowest BCUT2D eigenvalue weighted by molar-refractivity contribution is 0.0600. The number of carbonyl (C=O) groups excluding carboxylic acids is 1. The first kappa shape index (κ1) is 20.4. The number of carbonyl (C=O) groups is 1. The lowest BCUT2D eigenvalue weighted by atomic mass is 10.1. The van der Waals surface area contributed by atoms with Crippen molar-refractivity contribution in [3.8, 4) is 0 Å². The number of H-pyrrole nitrogens is 1. The molecule has 3 aromatic rings. The molecule has 1 aromatic heterocycles. The molecule has 3 N–H and O–H groups in total. The van der Waals surface area contributed by atoms with Crippen molar-refractivity contribution in [2.45, 2.75) is 12.8 Å². The first-order valence-electron chi connectivity index (χ1n) is 9.48. The first-order chi connectivity index (χ1) is 14.1.